The van der Waals surface area contributed by atoms with E-state index in [4.69, 9.17) is 4.74 Å². The van der Waals surface area contributed by atoms with E-state index in [1.165, 1.54) is 6.07 Å². The lowest BCUT2D eigenvalue weighted by atomic mass is 10.0. The lowest BCUT2D eigenvalue weighted by Gasteiger charge is -2.29. The highest BCUT2D eigenvalue weighted by Crippen LogP contribution is 2.24. The summed E-state index contributed by atoms with van der Waals surface area (Å²) in [5.41, 5.74) is 1.14. The Bertz CT molecular complexity index is 391. The quantitative estimate of drug-likeness (QED) is 0.892. The molecule has 2 rings (SSSR count). The van der Waals surface area contributed by atoms with E-state index in [-0.39, 0.29) is 12.4 Å². The number of hydrogen-bond acceptors (Lipinski definition) is 3. The highest BCUT2D eigenvalue weighted by atomic mass is 19.1. The van der Waals surface area contributed by atoms with E-state index in [1.54, 1.807) is 6.07 Å². The SMILES string of the molecule is CN(CC1CCCOC1)c1cccc(F)c1CO. The molecule has 0 saturated carbocycles. The molecule has 0 aromatic heterocycles. The van der Waals surface area contributed by atoms with Crippen LogP contribution in [0, 0.1) is 11.7 Å². The first-order valence-corrected chi connectivity index (χ1v) is 6.39. The predicted octanol–water partition coefficient (Wildman–Crippen LogP) is 2.18. The number of hydrogen-bond donors (Lipinski definition) is 1. The summed E-state index contributed by atoms with van der Waals surface area (Å²) in [7, 11) is 1.93. The number of halogens is 1. The summed E-state index contributed by atoms with van der Waals surface area (Å²) in [4.78, 5) is 2.01. The van der Waals surface area contributed by atoms with Crippen LogP contribution in [0.25, 0.3) is 0 Å². The third kappa shape index (κ3) is 3.00. The second kappa shape index (κ2) is 6.16. The fourth-order valence-corrected chi connectivity index (χ4v) is 2.50. The van der Waals surface area contributed by atoms with Gasteiger partial charge in [-0.05, 0) is 30.9 Å². The summed E-state index contributed by atoms with van der Waals surface area (Å²) in [5, 5.41) is 9.26. The fourth-order valence-electron chi connectivity index (χ4n) is 2.50. The van der Waals surface area contributed by atoms with Crippen LogP contribution in [0.1, 0.15) is 18.4 Å². The van der Waals surface area contributed by atoms with Crippen LogP contribution in [0.15, 0.2) is 18.2 Å². The first-order valence-electron chi connectivity index (χ1n) is 6.39. The standard InChI is InChI=1S/C14H20FNO2/c1-16(8-11-4-3-7-18-10-11)14-6-2-5-13(15)12(14)9-17/h2,5-6,11,17H,3-4,7-10H2,1H3. The normalized spacial score (nSPS) is 19.8. The number of nitrogens with zero attached hydrogens (tertiary/aromatic N) is 1. The Kier molecular flexibility index (Phi) is 4.55. The van der Waals surface area contributed by atoms with Gasteiger partial charge in [-0.25, -0.2) is 4.39 Å². The van der Waals surface area contributed by atoms with Gasteiger partial charge >= 0.3 is 0 Å². The van der Waals surface area contributed by atoms with Gasteiger partial charge in [0.05, 0.1) is 13.2 Å². The van der Waals surface area contributed by atoms with Crippen LogP contribution in [0.3, 0.4) is 0 Å². The van der Waals surface area contributed by atoms with Crippen molar-refractivity contribution in [3.63, 3.8) is 0 Å². The maximum Gasteiger partial charge on any atom is 0.130 e. The minimum atomic E-state index is -0.346. The van der Waals surface area contributed by atoms with Crippen molar-refractivity contribution in [1.82, 2.24) is 0 Å². The van der Waals surface area contributed by atoms with E-state index in [1.807, 2.05) is 18.0 Å². The maximum absolute atomic E-state index is 13.6. The summed E-state index contributed by atoms with van der Waals surface area (Å²) in [6.07, 6.45) is 2.24. The second-order valence-corrected chi connectivity index (χ2v) is 4.86. The molecular formula is C14H20FNO2. The molecule has 0 bridgehead atoms. The summed E-state index contributed by atoms with van der Waals surface area (Å²) >= 11 is 0. The Morgan fingerprint density at radius 2 is 2.33 bits per heavy atom. The van der Waals surface area contributed by atoms with Crippen molar-refractivity contribution in [1.29, 1.82) is 0 Å². The molecule has 0 spiro atoms. The number of rotatable bonds is 4. The lowest BCUT2D eigenvalue weighted by Crippen LogP contribution is -2.31. The monoisotopic (exact) mass is 253 g/mol. The molecule has 1 aromatic rings. The molecular weight excluding hydrogens is 233 g/mol. The molecule has 1 aliphatic heterocycles. The molecule has 1 atom stereocenters. The summed E-state index contributed by atoms with van der Waals surface area (Å²) in [6.45, 7) is 2.18. The molecule has 4 heteroatoms. The number of ether oxygens (including phenoxy) is 1. The smallest absolute Gasteiger partial charge is 0.130 e. The Morgan fingerprint density at radius 3 is 3.00 bits per heavy atom. The molecule has 0 radical (unpaired) electrons. The van der Waals surface area contributed by atoms with Crippen LogP contribution in [0.4, 0.5) is 10.1 Å². The van der Waals surface area contributed by atoms with Gasteiger partial charge in [0.15, 0.2) is 0 Å². The van der Waals surface area contributed by atoms with Gasteiger partial charge in [0, 0.05) is 31.5 Å². The zero-order chi connectivity index (χ0) is 13.0. The Labute approximate surface area is 107 Å². The van der Waals surface area contributed by atoms with Crippen molar-refractivity contribution < 1.29 is 14.2 Å². The van der Waals surface area contributed by atoms with Crippen molar-refractivity contribution in [3.8, 4) is 0 Å². The molecule has 1 unspecified atom stereocenters. The minimum Gasteiger partial charge on any atom is -0.391 e. The number of benzene rings is 1. The first kappa shape index (κ1) is 13.3. The molecule has 100 valence electrons. The molecule has 1 saturated heterocycles. The van der Waals surface area contributed by atoms with Crippen molar-refractivity contribution in [2.45, 2.75) is 19.4 Å². The van der Waals surface area contributed by atoms with Crippen LogP contribution >= 0.6 is 0 Å². The van der Waals surface area contributed by atoms with E-state index in [9.17, 15) is 9.50 Å². The summed E-state index contributed by atoms with van der Waals surface area (Å²) in [5.74, 6) is 0.139. The topological polar surface area (TPSA) is 32.7 Å². The first-order chi connectivity index (χ1) is 8.72. The van der Waals surface area contributed by atoms with Gasteiger partial charge in [0.1, 0.15) is 5.82 Å². The van der Waals surface area contributed by atoms with Crippen molar-refractivity contribution in [2.75, 3.05) is 31.7 Å². The van der Waals surface area contributed by atoms with Gasteiger partial charge in [-0.15, -0.1) is 0 Å². The number of aliphatic hydroxyl groups is 1. The van der Waals surface area contributed by atoms with Gasteiger partial charge < -0.3 is 14.7 Å². The third-order valence-corrected chi connectivity index (χ3v) is 3.45. The van der Waals surface area contributed by atoms with Crippen molar-refractivity contribution in [3.05, 3.63) is 29.6 Å². The van der Waals surface area contributed by atoms with Crippen molar-refractivity contribution >= 4 is 5.69 Å². The number of anilines is 1. The van der Waals surface area contributed by atoms with Crippen LogP contribution < -0.4 is 4.90 Å². The Morgan fingerprint density at radius 1 is 1.50 bits per heavy atom. The van der Waals surface area contributed by atoms with Gasteiger partial charge in [-0.2, -0.15) is 0 Å². The third-order valence-electron chi connectivity index (χ3n) is 3.45. The highest BCUT2D eigenvalue weighted by molar-refractivity contribution is 5.53. The van der Waals surface area contributed by atoms with Gasteiger partial charge in [-0.1, -0.05) is 6.07 Å². The van der Waals surface area contributed by atoms with Crippen LogP contribution in [0.2, 0.25) is 0 Å². The maximum atomic E-state index is 13.6. The van der Waals surface area contributed by atoms with E-state index in [0.717, 1.165) is 38.3 Å². The Balaban J connectivity index is 2.07. The molecule has 1 fully saturated rings. The van der Waals surface area contributed by atoms with Gasteiger partial charge in [0.2, 0.25) is 0 Å². The Hall–Kier alpha value is -1.13. The fraction of sp³-hybridized carbons (Fsp3) is 0.571. The minimum absolute atomic E-state index is 0.270. The van der Waals surface area contributed by atoms with Crippen LogP contribution in [-0.2, 0) is 11.3 Å². The zero-order valence-corrected chi connectivity index (χ0v) is 10.7. The summed E-state index contributed by atoms with van der Waals surface area (Å²) < 4.78 is 19.0. The molecule has 1 N–H and O–H groups in total. The predicted molar refractivity (Wildman–Crippen MR) is 69.1 cm³/mol. The van der Waals surface area contributed by atoms with Gasteiger partial charge in [0.25, 0.3) is 0 Å². The van der Waals surface area contributed by atoms with E-state index < -0.39 is 0 Å². The molecule has 3 nitrogen and oxygen atoms in total. The van der Waals surface area contributed by atoms with E-state index in [0.29, 0.717) is 11.5 Å². The second-order valence-electron chi connectivity index (χ2n) is 4.86. The molecule has 1 aliphatic rings. The summed E-state index contributed by atoms with van der Waals surface area (Å²) in [6, 6.07) is 4.91. The molecule has 0 aliphatic carbocycles. The molecule has 18 heavy (non-hydrogen) atoms. The molecule has 1 heterocycles. The van der Waals surface area contributed by atoms with Crippen molar-refractivity contribution in [2.24, 2.45) is 5.92 Å². The lowest BCUT2D eigenvalue weighted by molar-refractivity contribution is 0.0576. The molecule has 0 amide bonds. The average molecular weight is 253 g/mol. The van der Waals surface area contributed by atoms with Crippen LogP contribution in [0.5, 0.6) is 0 Å². The number of aliphatic hydroxyl groups excluding tert-OH is 1. The van der Waals surface area contributed by atoms with Gasteiger partial charge in [-0.3, -0.25) is 0 Å². The van der Waals surface area contributed by atoms with Crippen LogP contribution in [-0.4, -0.2) is 31.9 Å². The largest absolute Gasteiger partial charge is 0.391 e. The zero-order valence-electron chi connectivity index (χ0n) is 10.7. The van der Waals surface area contributed by atoms with E-state index in [2.05, 4.69) is 0 Å². The average Bonchev–Trinajstić information content (AvgIpc) is 2.39. The molecule has 1 aromatic carbocycles. The highest BCUT2D eigenvalue weighted by Gasteiger charge is 2.18. The van der Waals surface area contributed by atoms with E-state index >= 15 is 0 Å².